The van der Waals surface area contributed by atoms with Crippen molar-refractivity contribution in [3.05, 3.63) is 29.0 Å². The molecule has 0 aliphatic carbocycles. The van der Waals surface area contributed by atoms with E-state index in [1.807, 2.05) is 18.3 Å². The van der Waals surface area contributed by atoms with Crippen LogP contribution in [-0.4, -0.2) is 55.1 Å². The first kappa shape index (κ1) is 22.4. The molecule has 132 valence electrons. The molecule has 1 aromatic rings. The zero-order valence-electron chi connectivity index (χ0n) is 14.5. The molecule has 1 aromatic heterocycles. The van der Waals surface area contributed by atoms with E-state index in [9.17, 15) is 0 Å². The van der Waals surface area contributed by atoms with Gasteiger partial charge in [0.2, 0.25) is 0 Å². The van der Waals surface area contributed by atoms with E-state index >= 15 is 0 Å². The van der Waals surface area contributed by atoms with Gasteiger partial charge in [0.05, 0.1) is 0 Å². The lowest BCUT2D eigenvalue weighted by Crippen LogP contribution is -2.43. The second-order valence-corrected chi connectivity index (χ2v) is 5.77. The van der Waals surface area contributed by atoms with Crippen molar-refractivity contribution in [3.63, 3.8) is 0 Å². The van der Waals surface area contributed by atoms with Crippen LogP contribution in [0.5, 0.6) is 0 Å². The average Bonchev–Trinajstić information content (AvgIpc) is 2.51. The number of aromatic nitrogens is 1. The lowest BCUT2D eigenvalue weighted by atomic mass is 10.2. The number of pyridine rings is 1. The number of likely N-dealkylation sites (N-methyl/N-ethyl adjacent to an activating group) is 1. The maximum absolute atomic E-state index is 5.78. The Morgan fingerprint density at radius 1 is 1.30 bits per heavy atom. The van der Waals surface area contributed by atoms with Gasteiger partial charge in [-0.2, -0.15) is 0 Å². The van der Waals surface area contributed by atoms with Gasteiger partial charge in [-0.05, 0) is 38.4 Å². The summed E-state index contributed by atoms with van der Waals surface area (Å²) in [7, 11) is 1.79. The van der Waals surface area contributed by atoms with Gasteiger partial charge in [-0.3, -0.25) is 9.89 Å². The van der Waals surface area contributed by atoms with E-state index in [-0.39, 0.29) is 24.0 Å². The lowest BCUT2D eigenvalue weighted by Gasteiger charge is -2.25. The van der Waals surface area contributed by atoms with Crippen LogP contribution in [0.1, 0.15) is 26.3 Å². The molecule has 0 bridgehead atoms. The number of aliphatic imine (C=N–C) groups is 1. The molecular formula is C16H29ClIN5. The van der Waals surface area contributed by atoms with Crippen LogP contribution in [0, 0.1) is 0 Å². The zero-order valence-corrected chi connectivity index (χ0v) is 17.6. The van der Waals surface area contributed by atoms with E-state index < -0.39 is 0 Å². The standard InChI is InChI=1S/C16H28ClN5.HI/c1-5-22(13(2)3)11-10-20-16(18-4)19-9-8-14-6-7-15(17)21-12-14;/h6-7,12-13H,5,8-11H2,1-4H3,(H2,18,19,20);1H. The minimum Gasteiger partial charge on any atom is -0.356 e. The summed E-state index contributed by atoms with van der Waals surface area (Å²) >= 11 is 5.78. The van der Waals surface area contributed by atoms with Crippen molar-refractivity contribution >= 4 is 41.5 Å². The first-order valence-electron chi connectivity index (χ1n) is 7.85. The third-order valence-electron chi connectivity index (χ3n) is 3.55. The monoisotopic (exact) mass is 453 g/mol. The van der Waals surface area contributed by atoms with Crippen LogP contribution >= 0.6 is 35.6 Å². The SMILES string of the molecule is CCN(CCNC(=NC)NCCc1ccc(Cl)nc1)C(C)C.I. The molecule has 0 radical (unpaired) electrons. The molecule has 0 aliphatic heterocycles. The fourth-order valence-electron chi connectivity index (χ4n) is 2.20. The van der Waals surface area contributed by atoms with Gasteiger partial charge in [-0.25, -0.2) is 4.98 Å². The fourth-order valence-corrected chi connectivity index (χ4v) is 2.31. The molecule has 23 heavy (non-hydrogen) atoms. The molecule has 1 heterocycles. The number of guanidine groups is 1. The Morgan fingerprint density at radius 3 is 2.52 bits per heavy atom. The second-order valence-electron chi connectivity index (χ2n) is 5.39. The van der Waals surface area contributed by atoms with Crippen molar-refractivity contribution in [1.29, 1.82) is 0 Å². The van der Waals surface area contributed by atoms with E-state index in [2.05, 4.69) is 46.3 Å². The Hall–Kier alpha value is -0.600. The van der Waals surface area contributed by atoms with E-state index in [1.54, 1.807) is 7.05 Å². The summed E-state index contributed by atoms with van der Waals surface area (Å²) in [6.07, 6.45) is 2.69. The van der Waals surface area contributed by atoms with Crippen LogP contribution in [0.2, 0.25) is 5.15 Å². The van der Waals surface area contributed by atoms with Crippen molar-refractivity contribution in [2.24, 2.45) is 4.99 Å². The molecule has 0 aromatic carbocycles. The summed E-state index contributed by atoms with van der Waals surface area (Å²) in [4.78, 5) is 10.7. The minimum atomic E-state index is 0. The van der Waals surface area contributed by atoms with Crippen LogP contribution in [-0.2, 0) is 6.42 Å². The van der Waals surface area contributed by atoms with E-state index in [0.717, 1.165) is 44.1 Å². The number of hydrogen-bond donors (Lipinski definition) is 2. The summed E-state index contributed by atoms with van der Waals surface area (Å²) in [5, 5.41) is 7.19. The summed E-state index contributed by atoms with van der Waals surface area (Å²) < 4.78 is 0. The van der Waals surface area contributed by atoms with Crippen molar-refractivity contribution in [1.82, 2.24) is 20.5 Å². The lowest BCUT2D eigenvalue weighted by molar-refractivity contribution is 0.237. The van der Waals surface area contributed by atoms with Crippen molar-refractivity contribution in [3.8, 4) is 0 Å². The van der Waals surface area contributed by atoms with E-state index in [4.69, 9.17) is 11.6 Å². The molecule has 0 amide bonds. The van der Waals surface area contributed by atoms with Crippen LogP contribution in [0.4, 0.5) is 0 Å². The third-order valence-corrected chi connectivity index (χ3v) is 3.77. The Balaban J connectivity index is 0.00000484. The predicted octanol–water partition coefficient (Wildman–Crippen LogP) is 2.79. The van der Waals surface area contributed by atoms with Crippen molar-refractivity contribution in [2.45, 2.75) is 33.2 Å². The van der Waals surface area contributed by atoms with Crippen molar-refractivity contribution in [2.75, 3.05) is 33.2 Å². The number of nitrogens with one attached hydrogen (secondary N) is 2. The highest BCUT2D eigenvalue weighted by Gasteiger charge is 2.06. The third kappa shape index (κ3) is 9.32. The highest BCUT2D eigenvalue weighted by molar-refractivity contribution is 14.0. The number of rotatable bonds is 8. The number of hydrogen-bond acceptors (Lipinski definition) is 3. The van der Waals surface area contributed by atoms with Gasteiger partial charge in [-0.1, -0.05) is 24.6 Å². The summed E-state index contributed by atoms with van der Waals surface area (Å²) in [5.41, 5.74) is 1.16. The van der Waals surface area contributed by atoms with Gasteiger partial charge < -0.3 is 10.6 Å². The number of nitrogens with zero attached hydrogens (tertiary/aromatic N) is 3. The molecule has 5 nitrogen and oxygen atoms in total. The molecule has 0 spiro atoms. The average molecular weight is 454 g/mol. The molecule has 0 fully saturated rings. The minimum absolute atomic E-state index is 0. The first-order valence-corrected chi connectivity index (χ1v) is 8.23. The van der Waals surface area contributed by atoms with Gasteiger partial charge >= 0.3 is 0 Å². The molecule has 1 rings (SSSR count). The molecular weight excluding hydrogens is 425 g/mol. The van der Waals surface area contributed by atoms with Gasteiger partial charge in [0.15, 0.2) is 5.96 Å². The quantitative estimate of drug-likeness (QED) is 0.275. The second kappa shape index (κ2) is 12.8. The largest absolute Gasteiger partial charge is 0.356 e. The van der Waals surface area contributed by atoms with E-state index in [0.29, 0.717) is 11.2 Å². The zero-order chi connectivity index (χ0) is 16.4. The maximum Gasteiger partial charge on any atom is 0.191 e. The first-order chi connectivity index (χ1) is 10.6. The fraction of sp³-hybridized carbons (Fsp3) is 0.625. The van der Waals surface area contributed by atoms with Gasteiger partial charge in [-0.15, -0.1) is 24.0 Å². The van der Waals surface area contributed by atoms with Crippen LogP contribution < -0.4 is 10.6 Å². The molecule has 7 heteroatoms. The molecule has 0 atom stereocenters. The Morgan fingerprint density at radius 2 is 2.00 bits per heavy atom. The number of halogens is 2. The normalized spacial score (nSPS) is 11.5. The summed E-state index contributed by atoms with van der Waals surface area (Å²) in [6, 6.07) is 4.38. The van der Waals surface area contributed by atoms with Crippen LogP contribution in [0.3, 0.4) is 0 Å². The molecule has 0 saturated heterocycles. The summed E-state index contributed by atoms with van der Waals surface area (Å²) in [5.74, 6) is 0.835. The molecule has 0 saturated carbocycles. The topological polar surface area (TPSA) is 52.5 Å². The molecule has 2 N–H and O–H groups in total. The highest BCUT2D eigenvalue weighted by atomic mass is 127. The highest BCUT2D eigenvalue weighted by Crippen LogP contribution is 2.05. The Labute approximate surface area is 162 Å². The smallest absolute Gasteiger partial charge is 0.191 e. The summed E-state index contributed by atoms with van der Waals surface area (Å²) in [6.45, 7) is 10.4. The van der Waals surface area contributed by atoms with Crippen LogP contribution in [0.25, 0.3) is 0 Å². The van der Waals surface area contributed by atoms with Gasteiger partial charge in [0.1, 0.15) is 5.15 Å². The maximum atomic E-state index is 5.78. The molecule has 0 aliphatic rings. The Kier molecular flexibility index (Phi) is 12.4. The predicted molar refractivity (Wildman–Crippen MR) is 110 cm³/mol. The van der Waals surface area contributed by atoms with Crippen molar-refractivity contribution < 1.29 is 0 Å². The van der Waals surface area contributed by atoms with Gasteiger partial charge in [0, 0.05) is 38.9 Å². The van der Waals surface area contributed by atoms with Gasteiger partial charge in [0.25, 0.3) is 0 Å². The molecule has 0 unspecified atom stereocenters. The van der Waals surface area contributed by atoms with E-state index in [1.165, 1.54) is 0 Å². The Bertz CT molecular complexity index is 450. The van der Waals surface area contributed by atoms with Crippen LogP contribution in [0.15, 0.2) is 23.3 Å².